The first-order valence-electron chi connectivity index (χ1n) is 6.14. The van der Waals surface area contributed by atoms with E-state index in [9.17, 15) is 4.79 Å². The van der Waals surface area contributed by atoms with Gasteiger partial charge in [-0.3, -0.25) is 9.69 Å². The van der Waals surface area contributed by atoms with E-state index in [1.807, 2.05) is 0 Å². The highest BCUT2D eigenvalue weighted by atomic mass is 16.5. The van der Waals surface area contributed by atoms with Gasteiger partial charge in [-0.2, -0.15) is 0 Å². The third-order valence-corrected chi connectivity index (χ3v) is 3.56. The highest BCUT2D eigenvalue weighted by Gasteiger charge is 2.31. The predicted octanol–water partition coefficient (Wildman–Crippen LogP) is 1.14. The normalized spacial score (nSPS) is 28.8. The first-order valence-corrected chi connectivity index (χ1v) is 6.14. The molecule has 0 aromatic carbocycles. The highest BCUT2D eigenvalue weighted by molar-refractivity contribution is 5.69. The highest BCUT2D eigenvalue weighted by Crippen LogP contribution is 2.25. The summed E-state index contributed by atoms with van der Waals surface area (Å²) in [5, 5.41) is 0. The zero-order valence-corrected chi connectivity index (χ0v) is 10.6. The van der Waals surface area contributed by atoms with Crippen LogP contribution < -0.4 is 5.73 Å². The molecule has 3 atom stereocenters. The smallest absolute Gasteiger partial charge is 0.307 e. The van der Waals surface area contributed by atoms with Gasteiger partial charge in [0.05, 0.1) is 13.5 Å². The van der Waals surface area contributed by atoms with Crippen molar-refractivity contribution >= 4 is 5.97 Å². The fourth-order valence-electron chi connectivity index (χ4n) is 2.77. The molecule has 4 nitrogen and oxygen atoms in total. The summed E-state index contributed by atoms with van der Waals surface area (Å²) in [6, 6.07) is 1.15. The SMILES string of the molecule is COC(=O)CC(C)N1C(C)CCCC1CN. The minimum absolute atomic E-state index is 0.138. The molecule has 94 valence electrons. The van der Waals surface area contributed by atoms with Crippen molar-refractivity contribution in [2.75, 3.05) is 13.7 Å². The van der Waals surface area contributed by atoms with Crippen LogP contribution in [0.3, 0.4) is 0 Å². The molecule has 0 amide bonds. The number of carbonyl (C=O) groups excluding carboxylic acids is 1. The summed E-state index contributed by atoms with van der Waals surface area (Å²) >= 11 is 0. The summed E-state index contributed by atoms with van der Waals surface area (Å²) in [5.74, 6) is -0.138. The first-order chi connectivity index (χ1) is 7.60. The van der Waals surface area contributed by atoms with Crippen molar-refractivity contribution in [1.82, 2.24) is 4.90 Å². The lowest BCUT2D eigenvalue weighted by molar-refractivity contribution is -0.142. The van der Waals surface area contributed by atoms with E-state index in [2.05, 4.69) is 18.7 Å². The van der Waals surface area contributed by atoms with E-state index >= 15 is 0 Å². The average molecular weight is 228 g/mol. The van der Waals surface area contributed by atoms with Crippen molar-refractivity contribution in [3.05, 3.63) is 0 Å². The summed E-state index contributed by atoms with van der Waals surface area (Å²) in [4.78, 5) is 13.7. The van der Waals surface area contributed by atoms with Crippen molar-refractivity contribution < 1.29 is 9.53 Å². The van der Waals surface area contributed by atoms with Gasteiger partial charge in [-0.25, -0.2) is 0 Å². The van der Waals surface area contributed by atoms with Crippen LogP contribution in [0.25, 0.3) is 0 Å². The second kappa shape index (κ2) is 6.21. The molecule has 1 fully saturated rings. The number of hydrogen-bond acceptors (Lipinski definition) is 4. The van der Waals surface area contributed by atoms with E-state index in [0.29, 0.717) is 25.0 Å². The Morgan fingerprint density at radius 2 is 2.25 bits per heavy atom. The number of nitrogens with two attached hydrogens (primary N) is 1. The number of esters is 1. The maximum absolute atomic E-state index is 11.3. The minimum atomic E-state index is -0.138. The third-order valence-electron chi connectivity index (χ3n) is 3.56. The molecule has 1 heterocycles. The van der Waals surface area contributed by atoms with Crippen LogP contribution in [0.15, 0.2) is 0 Å². The topological polar surface area (TPSA) is 55.6 Å². The molecule has 3 unspecified atom stereocenters. The number of ether oxygens (including phenoxy) is 1. The van der Waals surface area contributed by atoms with Crippen molar-refractivity contribution in [3.8, 4) is 0 Å². The second-order valence-electron chi connectivity index (χ2n) is 4.75. The lowest BCUT2D eigenvalue weighted by Crippen LogP contribution is -2.53. The van der Waals surface area contributed by atoms with E-state index < -0.39 is 0 Å². The van der Waals surface area contributed by atoms with Crippen molar-refractivity contribution in [2.24, 2.45) is 5.73 Å². The Kier molecular flexibility index (Phi) is 5.22. The van der Waals surface area contributed by atoms with E-state index in [-0.39, 0.29) is 12.0 Å². The monoisotopic (exact) mass is 228 g/mol. The van der Waals surface area contributed by atoms with Gasteiger partial charge >= 0.3 is 5.97 Å². The van der Waals surface area contributed by atoms with Crippen LogP contribution >= 0.6 is 0 Å². The van der Waals surface area contributed by atoms with Crippen LogP contribution in [0, 0.1) is 0 Å². The largest absolute Gasteiger partial charge is 0.469 e. The number of methoxy groups -OCH3 is 1. The second-order valence-corrected chi connectivity index (χ2v) is 4.75. The molecule has 0 aromatic heterocycles. The number of hydrogen-bond donors (Lipinski definition) is 1. The summed E-state index contributed by atoms with van der Waals surface area (Å²) < 4.78 is 4.72. The molecule has 1 rings (SSSR count). The Hall–Kier alpha value is -0.610. The van der Waals surface area contributed by atoms with Crippen LogP contribution in [0.4, 0.5) is 0 Å². The Balaban J connectivity index is 2.61. The van der Waals surface area contributed by atoms with Gasteiger partial charge in [0, 0.05) is 24.7 Å². The average Bonchev–Trinajstić information content (AvgIpc) is 2.28. The number of carbonyl (C=O) groups is 1. The maximum atomic E-state index is 11.3. The molecule has 0 saturated carbocycles. The van der Waals surface area contributed by atoms with Gasteiger partial charge in [-0.1, -0.05) is 6.42 Å². The van der Waals surface area contributed by atoms with Gasteiger partial charge in [0.25, 0.3) is 0 Å². The minimum Gasteiger partial charge on any atom is -0.469 e. The Labute approximate surface area is 98.1 Å². The number of likely N-dealkylation sites (tertiary alicyclic amines) is 1. The fourth-order valence-corrected chi connectivity index (χ4v) is 2.77. The fraction of sp³-hybridized carbons (Fsp3) is 0.917. The van der Waals surface area contributed by atoms with Crippen LogP contribution in [-0.4, -0.2) is 42.6 Å². The summed E-state index contributed by atoms with van der Waals surface area (Å²) in [5.41, 5.74) is 5.80. The van der Waals surface area contributed by atoms with E-state index in [1.54, 1.807) is 0 Å². The summed E-state index contributed by atoms with van der Waals surface area (Å²) in [6.07, 6.45) is 4.04. The summed E-state index contributed by atoms with van der Waals surface area (Å²) in [6.45, 7) is 4.98. The molecule has 4 heteroatoms. The molecular weight excluding hydrogens is 204 g/mol. The van der Waals surface area contributed by atoms with E-state index in [4.69, 9.17) is 10.5 Å². The van der Waals surface area contributed by atoms with Crippen LogP contribution in [-0.2, 0) is 9.53 Å². The maximum Gasteiger partial charge on any atom is 0.307 e. The van der Waals surface area contributed by atoms with Crippen molar-refractivity contribution in [2.45, 2.75) is 57.7 Å². The van der Waals surface area contributed by atoms with Crippen molar-refractivity contribution in [1.29, 1.82) is 0 Å². The van der Waals surface area contributed by atoms with Gasteiger partial charge in [-0.15, -0.1) is 0 Å². The van der Waals surface area contributed by atoms with Crippen LogP contribution in [0.2, 0.25) is 0 Å². The lowest BCUT2D eigenvalue weighted by atomic mass is 9.94. The molecule has 0 bridgehead atoms. The van der Waals surface area contributed by atoms with Crippen LogP contribution in [0.5, 0.6) is 0 Å². The first kappa shape index (κ1) is 13.5. The van der Waals surface area contributed by atoms with E-state index in [1.165, 1.54) is 20.0 Å². The molecule has 2 N–H and O–H groups in total. The Bertz CT molecular complexity index is 233. The van der Waals surface area contributed by atoms with Gasteiger partial charge in [0.2, 0.25) is 0 Å². The number of nitrogens with zero attached hydrogens (tertiary/aromatic N) is 1. The van der Waals surface area contributed by atoms with E-state index in [0.717, 1.165) is 6.42 Å². The van der Waals surface area contributed by atoms with Gasteiger partial charge < -0.3 is 10.5 Å². The van der Waals surface area contributed by atoms with Crippen molar-refractivity contribution in [3.63, 3.8) is 0 Å². The standard InChI is InChI=1S/C12H24N2O2/c1-9-5-4-6-11(8-13)14(9)10(2)7-12(15)16-3/h9-11H,4-8,13H2,1-3H3. The molecule has 16 heavy (non-hydrogen) atoms. The number of rotatable bonds is 4. The zero-order chi connectivity index (χ0) is 12.1. The number of piperidine rings is 1. The molecule has 0 radical (unpaired) electrons. The Morgan fingerprint density at radius 3 is 2.81 bits per heavy atom. The quantitative estimate of drug-likeness (QED) is 0.733. The molecule has 0 aliphatic carbocycles. The molecule has 1 aliphatic rings. The molecule has 0 spiro atoms. The predicted molar refractivity (Wildman–Crippen MR) is 64.1 cm³/mol. The zero-order valence-electron chi connectivity index (χ0n) is 10.6. The molecular formula is C12H24N2O2. The Morgan fingerprint density at radius 1 is 1.56 bits per heavy atom. The van der Waals surface area contributed by atoms with Crippen LogP contribution in [0.1, 0.15) is 39.5 Å². The lowest BCUT2D eigenvalue weighted by Gasteiger charge is -2.43. The summed E-state index contributed by atoms with van der Waals surface area (Å²) in [7, 11) is 1.44. The van der Waals surface area contributed by atoms with Gasteiger partial charge in [0.15, 0.2) is 0 Å². The van der Waals surface area contributed by atoms with Gasteiger partial charge in [0.1, 0.15) is 0 Å². The van der Waals surface area contributed by atoms with Gasteiger partial charge in [-0.05, 0) is 26.7 Å². The molecule has 1 aliphatic heterocycles. The third kappa shape index (κ3) is 3.19. The molecule has 0 aromatic rings. The molecule has 1 saturated heterocycles.